The summed E-state index contributed by atoms with van der Waals surface area (Å²) in [6, 6.07) is 3.86. The molecule has 3 N–H and O–H groups in total. The SMILES string of the molecule is NC(=O)c1cc(Cl)cc(S(=O)O)c1. The third-order valence-electron chi connectivity index (χ3n) is 1.36. The molecule has 4 nitrogen and oxygen atoms in total. The largest absolute Gasteiger partial charge is 0.366 e. The maximum absolute atomic E-state index is 10.7. The van der Waals surface area contributed by atoms with Crippen molar-refractivity contribution < 1.29 is 13.6 Å². The zero-order chi connectivity index (χ0) is 10.0. The molecule has 0 aliphatic carbocycles. The highest BCUT2D eigenvalue weighted by molar-refractivity contribution is 7.79. The van der Waals surface area contributed by atoms with Gasteiger partial charge in [-0.25, -0.2) is 4.21 Å². The standard InChI is InChI=1S/C7H6ClNO3S/c8-5-1-4(7(9)10)2-6(3-5)13(11)12/h1-3H,(H2,9,10)(H,11,12). The first-order valence-electron chi connectivity index (χ1n) is 3.22. The number of carbonyl (C=O) groups is 1. The third kappa shape index (κ3) is 2.51. The molecular formula is C7H6ClNO3S. The lowest BCUT2D eigenvalue weighted by Crippen LogP contribution is -2.11. The van der Waals surface area contributed by atoms with Crippen LogP contribution in [-0.4, -0.2) is 14.7 Å². The highest BCUT2D eigenvalue weighted by Crippen LogP contribution is 2.16. The van der Waals surface area contributed by atoms with Crippen LogP contribution >= 0.6 is 11.6 Å². The fourth-order valence-electron chi connectivity index (χ4n) is 0.806. The van der Waals surface area contributed by atoms with Crippen molar-refractivity contribution in [1.29, 1.82) is 0 Å². The molecule has 0 aromatic heterocycles. The van der Waals surface area contributed by atoms with Gasteiger partial charge in [0.2, 0.25) is 5.91 Å². The average Bonchev–Trinajstić information content (AvgIpc) is 2.03. The van der Waals surface area contributed by atoms with Crippen LogP contribution in [0.25, 0.3) is 0 Å². The lowest BCUT2D eigenvalue weighted by molar-refractivity contribution is 0.1000. The number of benzene rings is 1. The molecule has 0 spiro atoms. The molecule has 1 aromatic rings. The van der Waals surface area contributed by atoms with E-state index in [9.17, 15) is 9.00 Å². The monoisotopic (exact) mass is 219 g/mol. The van der Waals surface area contributed by atoms with Crippen LogP contribution in [0.5, 0.6) is 0 Å². The molecule has 6 heteroatoms. The number of rotatable bonds is 2. The smallest absolute Gasteiger partial charge is 0.248 e. The van der Waals surface area contributed by atoms with Crippen LogP contribution in [0.2, 0.25) is 5.02 Å². The molecule has 0 heterocycles. The van der Waals surface area contributed by atoms with Crippen molar-refractivity contribution in [2.75, 3.05) is 0 Å². The fourth-order valence-corrected chi connectivity index (χ4v) is 1.56. The predicted octanol–water partition coefficient (Wildman–Crippen LogP) is 1.02. The van der Waals surface area contributed by atoms with Gasteiger partial charge in [-0.3, -0.25) is 4.79 Å². The van der Waals surface area contributed by atoms with Crippen LogP contribution < -0.4 is 5.73 Å². The first-order valence-corrected chi connectivity index (χ1v) is 4.70. The van der Waals surface area contributed by atoms with Crippen LogP contribution in [0.1, 0.15) is 10.4 Å². The molecule has 70 valence electrons. The molecule has 0 aliphatic heterocycles. The zero-order valence-corrected chi connectivity index (χ0v) is 7.93. The number of hydrogen-bond acceptors (Lipinski definition) is 2. The minimum atomic E-state index is -2.16. The number of hydrogen-bond donors (Lipinski definition) is 2. The summed E-state index contributed by atoms with van der Waals surface area (Å²) in [5.74, 6) is -0.686. The van der Waals surface area contributed by atoms with E-state index in [1.165, 1.54) is 18.2 Å². The van der Waals surface area contributed by atoms with E-state index in [4.69, 9.17) is 21.9 Å². The summed E-state index contributed by atoms with van der Waals surface area (Å²) in [7, 11) is 0. The number of nitrogens with two attached hydrogens (primary N) is 1. The maximum Gasteiger partial charge on any atom is 0.248 e. The average molecular weight is 220 g/mol. The molecule has 1 rings (SSSR count). The van der Waals surface area contributed by atoms with E-state index < -0.39 is 17.0 Å². The van der Waals surface area contributed by atoms with Gasteiger partial charge in [0.25, 0.3) is 0 Å². The van der Waals surface area contributed by atoms with E-state index in [0.29, 0.717) is 0 Å². The second-order valence-corrected chi connectivity index (χ2v) is 3.70. The molecular weight excluding hydrogens is 214 g/mol. The molecule has 1 atom stereocenters. The molecule has 1 aromatic carbocycles. The summed E-state index contributed by atoms with van der Waals surface area (Å²) in [5, 5.41) is 0.203. The van der Waals surface area contributed by atoms with Gasteiger partial charge in [-0.15, -0.1) is 0 Å². The molecule has 0 saturated carbocycles. The van der Waals surface area contributed by atoms with Crippen molar-refractivity contribution >= 4 is 28.6 Å². The summed E-state index contributed by atoms with van der Waals surface area (Å²) >= 11 is 3.43. The Bertz CT molecular complexity index is 348. The predicted molar refractivity (Wildman–Crippen MR) is 49.0 cm³/mol. The Kier molecular flexibility index (Phi) is 3.02. The third-order valence-corrected chi connectivity index (χ3v) is 2.21. The lowest BCUT2D eigenvalue weighted by Gasteiger charge is -1.99. The van der Waals surface area contributed by atoms with Gasteiger partial charge in [0.05, 0.1) is 4.90 Å². The zero-order valence-electron chi connectivity index (χ0n) is 6.36. The molecule has 0 radical (unpaired) electrons. The van der Waals surface area contributed by atoms with E-state index in [1.807, 2.05) is 0 Å². The molecule has 0 saturated heterocycles. The van der Waals surface area contributed by atoms with Gasteiger partial charge in [0.1, 0.15) is 0 Å². The van der Waals surface area contributed by atoms with Crippen LogP contribution in [-0.2, 0) is 11.1 Å². The van der Waals surface area contributed by atoms with Gasteiger partial charge in [-0.1, -0.05) is 11.6 Å². The minimum absolute atomic E-state index is 0.0568. The van der Waals surface area contributed by atoms with E-state index in [1.54, 1.807) is 0 Å². The van der Waals surface area contributed by atoms with Gasteiger partial charge in [-0.05, 0) is 18.2 Å². The van der Waals surface area contributed by atoms with Crippen molar-refractivity contribution in [3.63, 3.8) is 0 Å². The van der Waals surface area contributed by atoms with Gasteiger partial charge in [0, 0.05) is 10.6 Å². The second kappa shape index (κ2) is 3.87. The molecule has 1 amide bonds. The molecule has 1 unspecified atom stereocenters. The Morgan fingerprint density at radius 1 is 1.46 bits per heavy atom. The number of amides is 1. The van der Waals surface area contributed by atoms with Crippen molar-refractivity contribution in [2.45, 2.75) is 4.90 Å². The molecule has 0 aliphatic rings. The Hall–Kier alpha value is -0.910. The summed E-state index contributed by atoms with van der Waals surface area (Å²) in [4.78, 5) is 10.8. The summed E-state index contributed by atoms with van der Waals surface area (Å²) < 4.78 is 19.3. The van der Waals surface area contributed by atoms with E-state index in [-0.39, 0.29) is 15.5 Å². The Labute approximate surface area is 82.0 Å². The number of halogens is 1. The normalized spacial score (nSPS) is 12.5. The quantitative estimate of drug-likeness (QED) is 0.729. The van der Waals surface area contributed by atoms with Crippen molar-refractivity contribution in [3.8, 4) is 0 Å². The number of carbonyl (C=O) groups excluding carboxylic acids is 1. The van der Waals surface area contributed by atoms with Gasteiger partial charge < -0.3 is 10.3 Å². The molecule has 0 fully saturated rings. The Balaban J connectivity index is 3.26. The van der Waals surface area contributed by atoms with Gasteiger partial charge in [0.15, 0.2) is 11.1 Å². The van der Waals surface area contributed by atoms with Crippen LogP contribution in [0.3, 0.4) is 0 Å². The highest BCUT2D eigenvalue weighted by Gasteiger charge is 2.07. The first-order chi connectivity index (χ1) is 6.00. The summed E-state index contributed by atoms with van der Waals surface area (Å²) in [6.45, 7) is 0. The molecule has 13 heavy (non-hydrogen) atoms. The first kappa shape index (κ1) is 10.2. The van der Waals surface area contributed by atoms with Crippen molar-refractivity contribution in [1.82, 2.24) is 0 Å². The summed E-state index contributed by atoms with van der Waals surface area (Å²) in [6.07, 6.45) is 0. The lowest BCUT2D eigenvalue weighted by atomic mass is 10.2. The van der Waals surface area contributed by atoms with Crippen LogP contribution in [0.15, 0.2) is 23.1 Å². The van der Waals surface area contributed by atoms with Crippen molar-refractivity contribution in [2.24, 2.45) is 5.73 Å². The van der Waals surface area contributed by atoms with Gasteiger partial charge >= 0.3 is 0 Å². The van der Waals surface area contributed by atoms with E-state index in [2.05, 4.69) is 0 Å². The number of primary amides is 1. The highest BCUT2D eigenvalue weighted by atomic mass is 35.5. The molecule has 0 bridgehead atoms. The van der Waals surface area contributed by atoms with Crippen molar-refractivity contribution in [3.05, 3.63) is 28.8 Å². The van der Waals surface area contributed by atoms with E-state index in [0.717, 1.165) is 0 Å². The van der Waals surface area contributed by atoms with Gasteiger partial charge in [-0.2, -0.15) is 0 Å². The van der Waals surface area contributed by atoms with Crippen LogP contribution in [0.4, 0.5) is 0 Å². The van der Waals surface area contributed by atoms with E-state index >= 15 is 0 Å². The summed E-state index contributed by atoms with van der Waals surface area (Å²) in [5.41, 5.74) is 5.09. The second-order valence-electron chi connectivity index (χ2n) is 2.29. The topological polar surface area (TPSA) is 80.4 Å². The maximum atomic E-state index is 10.7. The fraction of sp³-hybridized carbons (Fsp3) is 0. The van der Waals surface area contributed by atoms with Crippen LogP contribution in [0, 0.1) is 0 Å². The minimum Gasteiger partial charge on any atom is -0.366 e. The Morgan fingerprint density at radius 3 is 2.54 bits per heavy atom. The Morgan fingerprint density at radius 2 is 2.08 bits per heavy atom.